The fraction of sp³-hybridized carbons (Fsp3) is 0.263. The van der Waals surface area contributed by atoms with E-state index in [-0.39, 0.29) is 5.97 Å². The highest BCUT2D eigenvalue weighted by molar-refractivity contribution is 5.90. The average molecular weight is 311 g/mol. The van der Waals surface area contributed by atoms with E-state index in [1.54, 1.807) is 6.92 Å². The molecule has 0 aliphatic heterocycles. The third kappa shape index (κ3) is 5.94. The molecule has 0 amide bonds. The Kier molecular flexibility index (Phi) is 6.85. The first-order valence-electron chi connectivity index (χ1n) is 7.69. The summed E-state index contributed by atoms with van der Waals surface area (Å²) in [6, 6.07) is 19.5. The molecule has 2 aromatic rings. The topological polar surface area (TPSA) is 47.9 Å². The summed E-state index contributed by atoms with van der Waals surface area (Å²) in [5.74, 6) is -0.739. The molecule has 0 aliphatic carbocycles. The van der Waals surface area contributed by atoms with Crippen LogP contribution in [0.4, 0.5) is 0 Å². The van der Waals surface area contributed by atoms with Gasteiger partial charge in [0.25, 0.3) is 0 Å². The second-order valence-corrected chi connectivity index (χ2v) is 5.06. The average Bonchev–Trinajstić information content (AvgIpc) is 2.59. The molecule has 0 N–H and O–H groups in total. The van der Waals surface area contributed by atoms with Crippen molar-refractivity contribution in [2.24, 2.45) is 11.1 Å². The first-order chi connectivity index (χ1) is 11.3. The van der Waals surface area contributed by atoms with Gasteiger partial charge in [0.2, 0.25) is 0 Å². The molecule has 0 heterocycles. The SMILES string of the molecule is CCOC(=O)C(/C=N\OCc1ccccc1)Cc1ccccc1. The number of hydrogen-bond donors (Lipinski definition) is 0. The van der Waals surface area contributed by atoms with E-state index in [0.29, 0.717) is 19.6 Å². The van der Waals surface area contributed by atoms with Gasteiger partial charge in [0.05, 0.1) is 18.7 Å². The van der Waals surface area contributed by atoms with E-state index in [0.717, 1.165) is 11.1 Å². The molecule has 4 heteroatoms. The van der Waals surface area contributed by atoms with Crippen LogP contribution in [0.5, 0.6) is 0 Å². The van der Waals surface area contributed by atoms with Gasteiger partial charge < -0.3 is 9.57 Å². The van der Waals surface area contributed by atoms with Crippen molar-refractivity contribution in [3.05, 3.63) is 71.8 Å². The molecule has 0 bridgehead atoms. The standard InChI is InChI=1S/C19H21NO3/c1-2-22-19(21)18(13-16-9-5-3-6-10-16)14-20-23-15-17-11-7-4-8-12-17/h3-12,14,18H,2,13,15H2,1H3/b20-14-. The molecule has 0 fully saturated rings. The Labute approximate surface area is 136 Å². The van der Waals surface area contributed by atoms with Crippen molar-refractivity contribution in [3.63, 3.8) is 0 Å². The predicted molar refractivity (Wildman–Crippen MR) is 90.0 cm³/mol. The van der Waals surface area contributed by atoms with Crippen molar-refractivity contribution >= 4 is 12.2 Å². The first-order valence-corrected chi connectivity index (χ1v) is 7.69. The van der Waals surface area contributed by atoms with Crippen LogP contribution < -0.4 is 0 Å². The molecule has 0 saturated heterocycles. The molecule has 0 aliphatic rings. The van der Waals surface area contributed by atoms with Crippen LogP contribution in [0.25, 0.3) is 0 Å². The fourth-order valence-corrected chi connectivity index (χ4v) is 2.12. The number of rotatable bonds is 8. The van der Waals surface area contributed by atoms with Crippen LogP contribution in [-0.4, -0.2) is 18.8 Å². The minimum Gasteiger partial charge on any atom is -0.465 e. The summed E-state index contributed by atoms with van der Waals surface area (Å²) in [4.78, 5) is 17.3. The van der Waals surface area contributed by atoms with Crippen LogP contribution >= 0.6 is 0 Å². The number of ether oxygens (including phenoxy) is 1. The number of esters is 1. The second-order valence-electron chi connectivity index (χ2n) is 5.06. The molecule has 2 aromatic carbocycles. The maximum Gasteiger partial charge on any atom is 0.314 e. The first kappa shape index (κ1) is 16.7. The van der Waals surface area contributed by atoms with Crippen LogP contribution in [0.2, 0.25) is 0 Å². The highest BCUT2D eigenvalue weighted by Gasteiger charge is 2.18. The van der Waals surface area contributed by atoms with Gasteiger partial charge in [-0.05, 0) is 24.5 Å². The normalized spacial score (nSPS) is 12.0. The van der Waals surface area contributed by atoms with E-state index in [2.05, 4.69) is 5.16 Å². The van der Waals surface area contributed by atoms with Gasteiger partial charge >= 0.3 is 5.97 Å². The molecule has 1 atom stereocenters. The quantitative estimate of drug-likeness (QED) is 0.425. The summed E-state index contributed by atoms with van der Waals surface area (Å²) in [6.07, 6.45) is 2.06. The van der Waals surface area contributed by atoms with Crippen LogP contribution in [0.1, 0.15) is 18.1 Å². The predicted octanol–water partition coefficient (Wildman–Crippen LogP) is 3.61. The van der Waals surface area contributed by atoms with Gasteiger partial charge in [-0.15, -0.1) is 0 Å². The lowest BCUT2D eigenvalue weighted by atomic mass is 10.0. The van der Waals surface area contributed by atoms with Crippen molar-refractivity contribution < 1.29 is 14.4 Å². The molecule has 2 rings (SSSR count). The van der Waals surface area contributed by atoms with Crippen LogP contribution in [-0.2, 0) is 27.4 Å². The molecule has 4 nitrogen and oxygen atoms in total. The molecular formula is C19H21NO3. The van der Waals surface area contributed by atoms with E-state index in [1.807, 2.05) is 60.7 Å². The summed E-state index contributed by atoms with van der Waals surface area (Å²) < 4.78 is 5.11. The zero-order valence-corrected chi connectivity index (χ0v) is 13.2. The Morgan fingerprint density at radius 3 is 2.26 bits per heavy atom. The Hall–Kier alpha value is -2.62. The van der Waals surface area contributed by atoms with Gasteiger partial charge in [0.1, 0.15) is 6.61 Å². The smallest absolute Gasteiger partial charge is 0.314 e. The van der Waals surface area contributed by atoms with Crippen LogP contribution in [0, 0.1) is 5.92 Å². The zero-order valence-electron chi connectivity index (χ0n) is 13.2. The molecular weight excluding hydrogens is 290 g/mol. The van der Waals surface area contributed by atoms with E-state index < -0.39 is 5.92 Å². The van der Waals surface area contributed by atoms with Crippen LogP contribution in [0.15, 0.2) is 65.8 Å². The van der Waals surface area contributed by atoms with E-state index in [1.165, 1.54) is 6.21 Å². The number of nitrogens with zero attached hydrogens (tertiary/aromatic N) is 1. The highest BCUT2D eigenvalue weighted by atomic mass is 16.6. The minimum absolute atomic E-state index is 0.289. The lowest BCUT2D eigenvalue weighted by Gasteiger charge is -2.11. The Morgan fingerprint density at radius 1 is 1.04 bits per heavy atom. The van der Waals surface area contributed by atoms with Crippen LogP contribution in [0.3, 0.4) is 0 Å². The number of carbonyl (C=O) groups excluding carboxylic acids is 1. The van der Waals surface area contributed by atoms with Crippen molar-refractivity contribution in [3.8, 4) is 0 Å². The van der Waals surface area contributed by atoms with Crippen molar-refractivity contribution in [1.82, 2.24) is 0 Å². The van der Waals surface area contributed by atoms with Gasteiger partial charge in [0.15, 0.2) is 0 Å². The van der Waals surface area contributed by atoms with Crippen molar-refractivity contribution in [2.75, 3.05) is 6.61 Å². The number of carbonyl (C=O) groups is 1. The Balaban J connectivity index is 1.93. The summed E-state index contributed by atoms with van der Waals surface area (Å²) in [5.41, 5.74) is 2.08. The molecule has 23 heavy (non-hydrogen) atoms. The van der Waals surface area contributed by atoms with E-state index in [9.17, 15) is 4.79 Å². The van der Waals surface area contributed by atoms with Gasteiger partial charge in [-0.2, -0.15) is 0 Å². The third-order valence-electron chi connectivity index (χ3n) is 3.28. The lowest BCUT2D eigenvalue weighted by Crippen LogP contribution is -2.21. The fourth-order valence-electron chi connectivity index (χ4n) is 2.12. The van der Waals surface area contributed by atoms with Crippen molar-refractivity contribution in [2.45, 2.75) is 20.0 Å². The molecule has 0 radical (unpaired) electrons. The second kappa shape index (κ2) is 9.41. The Bertz CT molecular complexity index is 611. The van der Waals surface area contributed by atoms with E-state index in [4.69, 9.17) is 9.57 Å². The molecule has 120 valence electrons. The maximum absolute atomic E-state index is 12.0. The van der Waals surface area contributed by atoms with Gasteiger partial charge in [-0.25, -0.2) is 0 Å². The number of hydrogen-bond acceptors (Lipinski definition) is 4. The molecule has 1 unspecified atom stereocenters. The minimum atomic E-state index is -0.451. The van der Waals surface area contributed by atoms with Gasteiger partial charge in [0, 0.05) is 0 Å². The Morgan fingerprint density at radius 2 is 1.65 bits per heavy atom. The van der Waals surface area contributed by atoms with Gasteiger partial charge in [-0.1, -0.05) is 65.8 Å². The molecule has 0 aromatic heterocycles. The monoisotopic (exact) mass is 311 g/mol. The summed E-state index contributed by atoms with van der Waals surface area (Å²) in [5, 5.41) is 3.94. The lowest BCUT2D eigenvalue weighted by molar-refractivity contribution is -0.145. The highest BCUT2D eigenvalue weighted by Crippen LogP contribution is 2.10. The summed E-state index contributed by atoms with van der Waals surface area (Å²) >= 11 is 0. The maximum atomic E-state index is 12.0. The molecule has 0 saturated carbocycles. The largest absolute Gasteiger partial charge is 0.465 e. The summed E-state index contributed by atoms with van der Waals surface area (Å²) in [7, 11) is 0. The molecule has 0 spiro atoms. The van der Waals surface area contributed by atoms with Crippen molar-refractivity contribution in [1.29, 1.82) is 0 Å². The van der Waals surface area contributed by atoms with Gasteiger partial charge in [-0.3, -0.25) is 4.79 Å². The summed E-state index contributed by atoms with van der Waals surface area (Å²) in [6.45, 7) is 2.52. The van der Waals surface area contributed by atoms with E-state index >= 15 is 0 Å². The zero-order chi connectivity index (χ0) is 16.3. The number of benzene rings is 2. The number of oxime groups is 1. The third-order valence-corrected chi connectivity index (χ3v) is 3.28.